The molecule has 0 aliphatic carbocycles. The number of hydrogen-bond acceptors (Lipinski definition) is 5. The first-order chi connectivity index (χ1) is 17.6. The molecular formula is C28H25ClN4O3. The molecule has 4 heterocycles. The Labute approximate surface area is 213 Å². The zero-order valence-corrected chi connectivity index (χ0v) is 20.4. The topological polar surface area (TPSA) is 81.9 Å². The molecule has 1 atom stereocenters. The first kappa shape index (κ1) is 22.8. The van der Waals surface area contributed by atoms with E-state index in [-0.39, 0.29) is 11.5 Å². The minimum atomic E-state index is -0.414. The van der Waals surface area contributed by atoms with Gasteiger partial charge in [0.15, 0.2) is 0 Å². The number of hydrazone groups is 1. The average molecular weight is 501 g/mol. The second kappa shape index (κ2) is 9.41. The van der Waals surface area contributed by atoms with Crippen molar-refractivity contribution in [1.29, 1.82) is 0 Å². The van der Waals surface area contributed by atoms with Crippen molar-refractivity contribution in [2.75, 3.05) is 19.6 Å². The molecule has 2 aliphatic rings. The van der Waals surface area contributed by atoms with Gasteiger partial charge in [0.25, 0.3) is 11.5 Å². The number of benzene rings is 2. The van der Waals surface area contributed by atoms with Crippen molar-refractivity contribution in [2.24, 2.45) is 5.10 Å². The summed E-state index contributed by atoms with van der Waals surface area (Å²) in [5.41, 5.74) is 3.06. The largest absolute Gasteiger partial charge is 0.467 e. The number of hydrogen-bond donors (Lipinski definition) is 1. The Bertz CT molecular complexity index is 1510. The number of rotatable bonds is 5. The second-order valence-electron chi connectivity index (χ2n) is 9.26. The van der Waals surface area contributed by atoms with Crippen LogP contribution in [0.25, 0.3) is 22.0 Å². The summed E-state index contributed by atoms with van der Waals surface area (Å²) in [5, 5.41) is 7.67. The summed E-state index contributed by atoms with van der Waals surface area (Å²) in [4.78, 5) is 32.1. The Balaban J connectivity index is 1.51. The molecule has 182 valence electrons. The van der Waals surface area contributed by atoms with Crippen LogP contribution in [0.5, 0.6) is 0 Å². The number of likely N-dealkylation sites (tertiary alicyclic amines) is 1. The zero-order chi connectivity index (χ0) is 24.6. The summed E-state index contributed by atoms with van der Waals surface area (Å²) in [6.07, 6.45) is 4.16. The van der Waals surface area contributed by atoms with Crippen LogP contribution in [0.1, 0.15) is 36.6 Å². The maximum atomic E-state index is 13.5. The average Bonchev–Trinajstić information content (AvgIpc) is 3.66. The number of pyridine rings is 1. The van der Waals surface area contributed by atoms with Gasteiger partial charge in [0.05, 0.1) is 24.1 Å². The fourth-order valence-corrected chi connectivity index (χ4v) is 5.42. The van der Waals surface area contributed by atoms with Crippen molar-refractivity contribution < 1.29 is 9.21 Å². The van der Waals surface area contributed by atoms with E-state index >= 15 is 0 Å². The lowest BCUT2D eigenvalue weighted by Gasteiger charge is -2.22. The van der Waals surface area contributed by atoms with Crippen molar-refractivity contribution in [3.05, 3.63) is 93.6 Å². The van der Waals surface area contributed by atoms with Crippen molar-refractivity contribution in [1.82, 2.24) is 14.9 Å². The van der Waals surface area contributed by atoms with E-state index in [2.05, 4.69) is 9.88 Å². The quantitative estimate of drug-likeness (QED) is 0.407. The Morgan fingerprint density at radius 1 is 1.06 bits per heavy atom. The van der Waals surface area contributed by atoms with Gasteiger partial charge in [0.1, 0.15) is 11.8 Å². The van der Waals surface area contributed by atoms with E-state index in [0.717, 1.165) is 42.4 Å². The van der Waals surface area contributed by atoms with Gasteiger partial charge in [-0.3, -0.25) is 14.5 Å². The third-order valence-electron chi connectivity index (χ3n) is 6.92. The molecule has 6 rings (SSSR count). The van der Waals surface area contributed by atoms with Gasteiger partial charge in [-0.05, 0) is 61.8 Å². The van der Waals surface area contributed by atoms with Crippen LogP contribution in [0.2, 0.25) is 5.02 Å². The van der Waals surface area contributed by atoms with Crippen molar-refractivity contribution in [2.45, 2.75) is 25.3 Å². The van der Waals surface area contributed by atoms with Crippen LogP contribution in [-0.4, -0.2) is 46.1 Å². The third kappa shape index (κ3) is 4.14. The Morgan fingerprint density at radius 3 is 2.61 bits per heavy atom. The molecule has 1 saturated heterocycles. The molecular weight excluding hydrogens is 476 g/mol. The van der Waals surface area contributed by atoms with Crippen molar-refractivity contribution in [3.63, 3.8) is 0 Å². The molecule has 2 aromatic carbocycles. The summed E-state index contributed by atoms with van der Waals surface area (Å²) in [6.45, 7) is 2.11. The number of carbonyl (C=O) groups is 1. The van der Waals surface area contributed by atoms with Crippen LogP contribution in [0, 0.1) is 0 Å². The maximum Gasteiger partial charge on any atom is 0.258 e. The number of halogens is 1. The first-order valence-corrected chi connectivity index (χ1v) is 12.5. The Hall–Kier alpha value is -3.68. The monoisotopic (exact) mass is 500 g/mol. The summed E-state index contributed by atoms with van der Waals surface area (Å²) >= 11 is 6.37. The maximum absolute atomic E-state index is 13.5. The SMILES string of the molecule is O=C(CN1CCCC1)N1N=C(c2c(-c3ccccc3)c3cc(Cl)ccc3[nH]c2=O)C[C@@H]1c1ccco1. The lowest BCUT2D eigenvalue weighted by atomic mass is 9.92. The molecule has 2 aromatic heterocycles. The van der Waals surface area contributed by atoms with E-state index in [0.29, 0.717) is 40.5 Å². The van der Waals surface area contributed by atoms with E-state index in [1.807, 2.05) is 48.5 Å². The Morgan fingerprint density at radius 2 is 1.86 bits per heavy atom. The number of nitrogens with zero attached hydrogens (tertiary/aromatic N) is 3. The van der Waals surface area contributed by atoms with E-state index in [4.69, 9.17) is 21.1 Å². The highest BCUT2D eigenvalue weighted by molar-refractivity contribution is 6.31. The lowest BCUT2D eigenvalue weighted by Crippen LogP contribution is -2.36. The standard InChI is InChI=1S/C28H25ClN4O3/c29-19-10-11-21-20(15-19)26(18-7-2-1-3-8-18)27(28(35)30-21)22-16-23(24-9-6-14-36-24)33(31-22)25(34)17-32-12-4-5-13-32/h1-3,6-11,14-15,23H,4-5,12-13,16-17H2,(H,30,35)/t23-/m1/s1. The molecule has 1 N–H and O–H groups in total. The smallest absolute Gasteiger partial charge is 0.258 e. The number of nitrogens with one attached hydrogen (secondary N) is 1. The van der Waals surface area contributed by atoms with Crippen LogP contribution >= 0.6 is 11.6 Å². The van der Waals surface area contributed by atoms with Gasteiger partial charge in [0.2, 0.25) is 0 Å². The summed E-state index contributed by atoms with van der Waals surface area (Å²) < 4.78 is 5.70. The molecule has 1 fully saturated rings. The number of aromatic nitrogens is 1. The molecule has 0 spiro atoms. The van der Waals surface area contributed by atoms with Gasteiger partial charge in [-0.15, -0.1) is 0 Å². The van der Waals surface area contributed by atoms with E-state index < -0.39 is 6.04 Å². The number of H-pyrrole nitrogens is 1. The summed E-state index contributed by atoms with van der Waals surface area (Å²) in [5.74, 6) is 0.542. The number of carbonyl (C=O) groups excluding carboxylic acids is 1. The van der Waals surface area contributed by atoms with Crippen molar-refractivity contribution in [3.8, 4) is 11.1 Å². The lowest BCUT2D eigenvalue weighted by molar-refractivity contribution is -0.134. The van der Waals surface area contributed by atoms with E-state index in [1.165, 1.54) is 5.01 Å². The molecule has 0 saturated carbocycles. The molecule has 1 amide bonds. The fourth-order valence-electron chi connectivity index (χ4n) is 5.24. The Kier molecular flexibility index (Phi) is 5.95. The molecule has 0 bridgehead atoms. The molecule has 0 radical (unpaired) electrons. The van der Waals surface area contributed by atoms with Crippen LogP contribution < -0.4 is 5.56 Å². The number of aromatic amines is 1. The minimum Gasteiger partial charge on any atom is -0.467 e. The zero-order valence-electron chi connectivity index (χ0n) is 19.6. The molecule has 0 unspecified atom stereocenters. The highest BCUT2D eigenvalue weighted by Gasteiger charge is 2.37. The van der Waals surface area contributed by atoms with Crippen LogP contribution in [0.15, 0.2) is 81.2 Å². The van der Waals surface area contributed by atoms with E-state index in [1.54, 1.807) is 18.4 Å². The first-order valence-electron chi connectivity index (χ1n) is 12.1. The normalized spacial score (nSPS) is 18.2. The minimum absolute atomic E-state index is 0.102. The molecule has 36 heavy (non-hydrogen) atoms. The molecule has 4 aromatic rings. The second-order valence-corrected chi connectivity index (χ2v) is 9.70. The molecule has 8 heteroatoms. The van der Waals surface area contributed by atoms with Gasteiger partial charge in [-0.25, -0.2) is 5.01 Å². The van der Waals surface area contributed by atoms with Crippen LogP contribution in [0.4, 0.5) is 0 Å². The number of furan rings is 1. The van der Waals surface area contributed by atoms with Gasteiger partial charge in [0, 0.05) is 27.9 Å². The van der Waals surface area contributed by atoms with Gasteiger partial charge in [-0.1, -0.05) is 41.9 Å². The molecule has 7 nitrogen and oxygen atoms in total. The van der Waals surface area contributed by atoms with Gasteiger partial charge >= 0.3 is 0 Å². The van der Waals surface area contributed by atoms with Crippen LogP contribution in [0.3, 0.4) is 0 Å². The highest BCUT2D eigenvalue weighted by Crippen LogP contribution is 2.37. The summed E-state index contributed by atoms with van der Waals surface area (Å²) in [7, 11) is 0. The van der Waals surface area contributed by atoms with Gasteiger partial charge < -0.3 is 9.40 Å². The predicted molar refractivity (Wildman–Crippen MR) is 140 cm³/mol. The van der Waals surface area contributed by atoms with E-state index in [9.17, 15) is 9.59 Å². The van der Waals surface area contributed by atoms with Crippen LogP contribution in [-0.2, 0) is 4.79 Å². The predicted octanol–water partition coefficient (Wildman–Crippen LogP) is 5.22. The fraction of sp³-hybridized carbons (Fsp3) is 0.250. The highest BCUT2D eigenvalue weighted by atomic mass is 35.5. The molecule has 2 aliphatic heterocycles. The third-order valence-corrected chi connectivity index (χ3v) is 7.16. The summed E-state index contributed by atoms with van der Waals surface area (Å²) in [6, 6.07) is 18.4. The number of fused-ring (bicyclic) bond motifs is 1. The van der Waals surface area contributed by atoms with Crippen molar-refractivity contribution >= 4 is 34.1 Å². The van der Waals surface area contributed by atoms with Gasteiger partial charge in [-0.2, -0.15) is 5.10 Å². The number of amides is 1.